The van der Waals surface area contributed by atoms with Gasteiger partial charge >= 0.3 is 5.69 Å². The third-order valence-electron chi connectivity index (χ3n) is 2.46. The van der Waals surface area contributed by atoms with E-state index in [1.54, 1.807) is 37.3 Å². The second-order valence-corrected chi connectivity index (χ2v) is 3.82. The van der Waals surface area contributed by atoms with E-state index >= 15 is 0 Å². The molecule has 3 N–H and O–H groups in total. The SMILES string of the molecule is Cc1[nH]c(=O)[nH]c(=O)c1C(=NO)n1cc[n+](C)c1. The summed E-state index contributed by atoms with van der Waals surface area (Å²) in [5, 5.41) is 12.2. The lowest BCUT2D eigenvalue weighted by molar-refractivity contribution is -0.670. The van der Waals surface area contributed by atoms with Gasteiger partial charge in [-0.15, -0.1) is 0 Å². The maximum atomic E-state index is 11.8. The molecule has 18 heavy (non-hydrogen) atoms. The highest BCUT2D eigenvalue weighted by molar-refractivity contribution is 6.00. The third-order valence-corrected chi connectivity index (χ3v) is 2.46. The summed E-state index contributed by atoms with van der Waals surface area (Å²) in [7, 11) is 1.79. The van der Waals surface area contributed by atoms with E-state index in [4.69, 9.17) is 5.21 Å². The van der Waals surface area contributed by atoms with Crippen molar-refractivity contribution in [1.29, 1.82) is 0 Å². The Kier molecular flexibility index (Phi) is 2.84. The molecule has 2 rings (SSSR count). The van der Waals surface area contributed by atoms with Crippen molar-refractivity contribution in [1.82, 2.24) is 14.5 Å². The van der Waals surface area contributed by atoms with Crippen molar-refractivity contribution in [3.05, 3.63) is 50.8 Å². The highest BCUT2D eigenvalue weighted by atomic mass is 16.4. The Morgan fingerprint density at radius 1 is 1.44 bits per heavy atom. The third kappa shape index (κ3) is 1.95. The van der Waals surface area contributed by atoms with Crippen molar-refractivity contribution < 1.29 is 9.77 Å². The monoisotopic (exact) mass is 250 g/mol. The number of imidazole rings is 1. The molecule has 0 aliphatic heterocycles. The fraction of sp³-hybridized carbons (Fsp3) is 0.200. The molecular weight excluding hydrogens is 238 g/mol. The first kappa shape index (κ1) is 11.8. The lowest BCUT2D eigenvalue weighted by Gasteiger charge is -2.02. The van der Waals surface area contributed by atoms with Gasteiger partial charge in [0.25, 0.3) is 11.4 Å². The van der Waals surface area contributed by atoms with Gasteiger partial charge in [-0.05, 0) is 12.1 Å². The highest BCUT2D eigenvalue weighted by Crippen LogP contribution is 2.00. The van der Waals surface area contributed by atoms with Crippen LogP contribution >= 0.6 is 0 Å². The number of rotatable bonds is 1. The number of aromatic amines is 2. The molecule has 0 fully saturated rings. The van der Waals surface area contributed by atoms with E-state index in [9.17, 15) is 9.59 Å². The van der Waals surface area contributed by atoms with Gasteiger partial charge in [-0.2, -0.15) is 4.57 Å². The Labute approximate surface area is 101 Å². The van der Waals surface area contributed by atoms with E-state index in [2.05, 4.69) is 15.1 Å². The van der Waals surface area contributed by atoms with Gasteiger partial charge in [0, 0.05) is 5.69 Å². The lowest BCUT2D eigenvalue weighted by Crippen LogP contribution is -2.33. The summed E-state index contributed by atoms with van der Waals surface area (Å²) < 4.78 is 3.19. The maximum Gasteiger partial charge on any atom is 0.325 e. The summed E-state index contributed by atoms with van der Waals surface area (Å²) in [6.07, 6.45) is 4.97. The molecule has 2 heterocycles. The molecule has 0 radical (unpaired) electrons. The van der Waals surface area contributed by atoms with Crippen LogP contribution in [-0.2, 0) is 7.05 Å². The number of aryl methyl sites for hydroxylation is 2. The van der Waals surface area contributed by atoms with Crippen LogP contribution in [0, 0.1) is 6.92 Å². The Morgan fingerprint density at radius 3 is 2.67 bits per heavy atom. The Bertz CT molecular complexity index is 722. The van der Waals surface area contributed by atoms with E-state index in [1.165, 1.54) is 4.57 Å². The second-order valence-electron chi connectivity index (χ2n) is 3.82. The highest BCUT2D eigenvalue weighted by Gasteiger charge is 2.20. The molecule has 2 aromatic rings. The molecule has 0 spiro atoms. The number of H-pyrrole nitrogens is 2. The summed E-state index contributed by atoms with van der Waals surface area (Å²) in [5.74, 6) is 0.0330. The molecule has 0 amide bonds. The fourth-order valence-electron chi connectivity index (χ4n) is 1.68. The molecule has 0 aromatic carbocycles. The molecule has 8 nitrogen and oxygen atoms in total. The molecule has 94 valence electrons. The first-order valence-electron chi connectivity index (χ1n) is 5.12. The lowest BCUT2D eigenvalue weighted by atomic mass is 10.2. The van der Waals surface area contributed by atoms with Gasteiger partial charge in [0.2, 0.25) is 6.33 Å². The van der Waals surface area contributed by atoms with Crippen molar-refractivity contribution in [3.63, 3.8) is 0 Å². The topological polar surface area (TPSA) is 107 Å². The molecule has 0 aliphatic carbocycles. The second kappa shape index (κ2) is 4.32. The molecule has 0 saturated carbocycles. The largest absolute Gasteiger partial charge is 0.407 e. The fourth-order valence-corrected chi connectivity index (χ4v) is 1.68. The van der Waals surface area contributed by atoms with Gasteiger partial charge in [0.15, 0.2) is 0 Å². The van der Waals surface area contributed by atoms with Crippen molar-refractivity contribution in [2.75, 3.05) is 0 Å². The average Bonchev–Trinajstić information content (AvgIpc) is 2.69. The van der Waals surface area contributed by atoms with Crippen LogP contribution < -0.4 is 15.8 Å². The molecular formula is C10H12N5O3+. The number of nitrogens with one attached hydrogen (secondary N) is 2. The quantitative estimate of drug-likeness (QED) is 0.192. The Hall–Kier alpha value is -2.64. The van der Waals surface area contributed by atoms with Crippen LogP contribution in [0.1, 0.15) is 11.3 Å². The van der Waals surface area contributed by atoms with E-state index in [1.807, 2.05) is 0 Å². The van der Waals surface area contributed by atoms with E-state index < -0.39 is 11.2 Å². The van der Waals surface area contributed by atoms with Crippen LogP contribution in [0.5, 0.6) is 0 Å². The van der Waals surface area contributed by atoms with E-state index in [0.29, 0.717) is 5.69 Å². The first-order valence-corrected chi connectivity index (χ1v) is 5.12. The predicted molar refractivity (Wildman–Crippen MR) is 61.7 cm³/mol. The molecule has 2 aromatic heterocycles. The summed E-state index contributed by atoms with van der Waals surface area (Å²) in [6.45, 7) is 1.56. The molecule has 0 unspecified atom stereocenters. The zero-order valence-corrected chi connectivity index (χ0v) is 9.84. The number of hydrogen-bond acceptors (Lipinski definition) is 4. The van der Waals surface area contributed by atoms with Gasteiger partial charge in [0.1, 0.15) is 18.0 Å². The van der Waals surface area contributed by atoms with Crippen LogP contribution in [0.4, 0.5) is 0 Å². The van der Waals surface area contributed by atoms with Crippen LogP contribution in [-0.4, -0.2) is 25.6 Å². The molecule has 0 aliphatic rings. The van der Waals surface area contributed by atoms with Crippen molar-refractivity contribution in [2.24, 2.45) is 12.2 Å². The normalized spacial score (nSPS) is 11.8. The molecule has 0 bridgehead atoms. The molecule has 0 atom stereocenters. The van der Waals surface area contributed by atoms with Crippen molar-refractivity contribution in [2.45, 2.75) is 6.92 Å². The number of aromatic nitrogens is 4. The van der Waals surface area contributed by atoms with Gasteiger partial charge in [-0.3, -0.25) is 9.78 Å². The zero-order chi connectivity index (χ0) is 13.3. The van der Waals surface area contributed by atoms with Gasteiger partial charge in [-0.25, -0.2) is 9.36 Å². The Balaban J connectivity index is 2.67. The number of oxime groups is 1. The van der Waals surface area contributed by atoms with E-state index in [0.717, 1.165) is 0 Å². The number of nitrogens with zero attached hydrogens (tertiary/aromatic N) is 3. The van der Waals surface area contributed by atoms with Crippen LogP contribution in [0.25, 0.3) is 0 Å². The maximum absolute atomic E-state index is 11.8. The van der Waals surface area contributed by atoms with E-state index in [-0.39, 0.29) is 11.4 Å². The molecule has 0 saturated heterocycles. The average molecular weight is 250 g/mol. The first-order chi connectivity index (χ1) is 8.52. The number of hydrogen-bond donors (Lipinski definition) is 3. The molecule has 8 heteroatoms. The summed E-state index contributed by atoms with van der Waals surface area (Å²) in [6, 6.07) is 0. The smallest absolute Gasteiger partial charge is 0.325 e. The van der Waals surface area contributed by atoms with Crippen LogP contribution in [0.3, 0.4) is 0 Å². The van der Waals surface area contributed by atoms with Gasteiger partial charge in [0.05, 0.1) is 7.05 Å². The summed E-state index contributed by atoms with van der Waals surface area (Å²) in [4.78, 5) is 27.4. The van der Waals surface area contributed by atoms with Crippen molar-refractivity contribution >= 4 is 5.84 Å². The standard InChI is InChI=1S/C10H11N5O3/c1-6-7(9(16)12-10(17)11-6)8(13-18)15-4-3-14(2)5-15/h3-5H,1-2H3,(H2-,11,12,13,16,17,18)/p+1. The Morgan fingerprint density at radius 2 is 2.17 bits per heavy atom. The van der Waals surface area contributed by atoms with Crippen molar-refractivity contribution in [3.8, 4) is 0 Å². The van der Waals surface area contributed by atoms with Crippen LogP contribution in [0.15, 0.2) is 33.5 Å². The van der Waals surface area contributed by atoms with Gasteiger partial charge < -0.3 is 10.2 Å². The minimum atomic E-state index is -0.611. The van der Waals surface area contributed by atoms with Crippen LogP contribution in [0.2, 0.25) is 0 Å². The summed E-state index contributed by atoms with van der Waals surface area (Å²) in [5.41, 5.74) is -0.779. The summed E-state index contributed by atoms with van der Waals surface area (Å²) >= 11 is 0. The predicted octanol–water partition coefficient (Wildman–Crippen LogP) is -1.32. The minimum Gasteiger partial charge on any atom is -0.407 e. The van der Waals surface area contributed by atoms with Gasteiger partial charge in [-0.1, -0.05) is 0 Å². The minimum absolute atomic E-state index is 0.0330. The zero-order valence-electron chi connectivity index (χ0n) is 9.84.